The van der Waals surface area contributed by atoms with Crippen molar-refractivity contribution in [1.82, 2.24) is 14.3 Å². The van der Waals surface area contributed by atoms with Crippen molar-refractivity contribution in [2.45, 2.75) is 52.2 Å². The average Bonchev–Trinajstić information content (AvgIpc) is 3.44. The van der Waals surface area contributed by atoms with E-state index in [2.05, 4.69) is 20.4 Å². The first-order valence-corrected chi connectivity index (χ1v) is 12.1. The number of nitrogens with zero attached hydrogens (tertiary/aromatic N) is 4. The zero-order valence-corrected chi connectivity index (χ0v) is 20.9. The molecule has 4 rings (SSSR count). The summed E-state index contributed by atoms with van der Waals surface area (Å²) >= 11 is 1.30. The van der Waals surface area contributed by atoms with Gasteiger partial charge in [0.05, 0.1) is 35.9 Å². The van der Waals surface area contributed by atoms with Gasteiger partial charge >= 0.3 is 5.97 Å². The van der Waals surface area contributed by atoms with E-state index in [1.165, 1.54) is 11.5 Å². The summed E-state index contributed by atoms with van der Waals surface area (Å²) in [7, 11) is 3.81. The molecular weight excluding hydrogens is 454 g/mol. The molecule has 9 nitrogen and oxygen atoms in total. The molecule has 0 fully saturated rings. The number of benzene rings is 1. The number of aromatic amines is 1. The Balaban J connectivity index is 1.80. The molecule has 180 valence electrons. The monoisotopic (exact) mass is 483 g/mol. The van der Waals surface area contributed by atoms with Crippen LogP contribution in [0.3, 0.4) is 0 Å². The van der Waals surface area contributed by atoms with Gasteiger partial charge in [0.15, 0.2) is 5.82 Å². The van der Waals surface area contributed by atoms with Crippen LogP contribution in [0, 0.1) is 24.2 Å². The number of ether oxygens (including phenoxy) is 2. The number of aromatic nitrogens is 3. The quantitative estimate of drug-likeness (QED) is 0.490. The number of rotatable bonds is 8. The number of hydrogen-bond donors (Lipinski definition) is 2. The fourth-order valence-corrected chi connectivity index (χ4v) is 5.28. The lowest BCUT2D eigenvalue weighted by molar-refractivity contribution is -0.155. The number of fused-ring (bicyclic) bond motifs is 3. The van der Waals surface area contributed by atoms with Crippen LogP contribution in [0.15, 0.2) is 6.07 Å². The van der Waals surface area contributed by atoms with Crippen LogP contribution < -0.4 is 9.64 Å². The van der Waals surface area contributed by atoms with Gasteiger partial charge < -0.3 is 24.5 Å². The first-order valence-electron chi connectivity index (χ1n) is 11.3. The molecule has 1 aliphatic rings. The molecule has 2 atom stereocenters. The van der Waals surface area contributed by atoms with E-state index in [4.69, 9.17) is 9.47 Å². The number of carboxylic acid groups (broad SMARTS) is 1. The molecule has 2 unspecified atom stereocenters. The highest BCUT2D eigenvalue weighted by Gasteiger charge is 2.46. The van der Waals surface area contributed by atoms with Crippen LogP contribution >= 0.6 is 11.5 Å². The third-order valence-corrected chi connectivity index (χ3v) is 7.59. The van der Waals surface area contributed by atoms with Gasteiger partial charge in [0, 0.05) is 36.6 Å². The average molecular weight is 484 g/mol. The van der Waals surface area contributed by atoms with Crippen LogP contribution in [0.1, 0.15) is 54.9 Å². The molecule has 2 aromatic heterocycles. The van der Waals surface area contributed by atoms with Crippen molar-refractivity contribution in [3.63, 3.8) is 0 Å². The summed E-state index contributed by atoms with van der Waals surface area (Å²) in [6.45, 7) is 6.56. The predicted molar refractivity (Wildman–Crippen MR) is 129 cm³/mol. The molecule has 0 aliphatic carbocycles. The van der Waals surface area contributed by atoms with E-state index >= 15 is 0 Å². The van der Waals surface area contributed by atoms with Crippen molar-refractivity contribution in [3.8, 4) is 11.8 Å². The van der Waals surface area contributed by atoms with Gasteiger partial charge in [-0.3, -0.25) is 4.79 Å². The second-order valence-electron chi connectivity index (χ2n) is 8.93. The summed E-state index contributed by atoms with van der Waals surface area (Å²) in [6, 6.07) is 4.06. The molecule has 0 saturated heterocycles. The number of aliphatic carboxylic acids is 1. The van der Waals surface area contributed by atoms with E-state index in [1.807, 2.05) is 39.8 Å². The van der Waals surface area contributed by atoms with Crippen molar-refractivity contribution in [3.05, 3.63) is 34.3 Å². The lowest BCUT2D eigenvalue weighted by Crippen LogP contribution is -2.43. The summed E-state index contributed by atoms with van der Waals surface area (Å²) in [5.74, 6) is 0.195. The minimum atomic E-state index is -0.972. The maximum atomic E-state index is 11.8. The van der Waals surface area contributed by atoms with Gasteiger partial charge in [0.2, 0.25) is 5.13 Å². The molecule has 1 aliphatic heterocycles. The molecule has 0 amide bonds. The molecule has 3 heterocycles. The largest absolute Gasteiger partial charge is 0.485 e. The standard InChI is InChI=1S/C24H29N5O4S/c1-6-13(2)24(10-19(30)31)22-16(7-8-33-24)20-15(11-25)9-17(14(3)21(20)27-22)32-12-18-26-23(29(4)5)34-28-18/h9,13,27H,6-8,10,12H2,1-5H3,(H,30,31). The Morgan fingerprint density at radius 2 is 2.26 bits per heavy atom. The Hall–Kier alpha value is -3.16. The van der Waals surface area contributed by atoms with E-state index in [-0.39, 0.29) is 18.9 Å². The molecule has 1 aromatic carbocycles. The van der Waals surface area contributed by atoms with Crippen LogP contribution in [0.4, 0.5) is 5.13 Å². The first-order chi connectivity index (χ1) is 16.2. The second-order valence-corrected chi connectivity index (χ2v) is 9.66. The number of hydrogen-bond acceptors (Lipinski definition) is 8. The van der Waals surface area contributed by atoms with E-state index in [1.54, 1.807) is 6.07 Å². The summed E-state index contributed by atoms with van der Waals surface area (Å²) in [6.07, 6.45) is 1.23. The molecule has 0 bridgehead atoms. The Morgan fingerprint density at radius 1 is 1.50 bits per heavy atom. The molecule has 10 heteroatoms. The van der Waals surface area contributed by atoms with Crippen molar-refractivity contribution in [1.29, 1.82) is 5.26 Å². The van der Waals surface area contributed by atoms with Crippen LogP contribution in [0.25, 0.3) is 10.9 Å². The van der Waals surface area contributed by atoms with Gasteiger partial charge in [-0.25, -0.2) is 0 Å². The SMILES string of the molecule is CCC(C)C1(CC(=O)O)OCCc2c1[nH]c1c(C)c(OCc3nsc(N(C)C)n3)cc(C#N)c21. The lowest BCUT2D eigenvalue weighted by atomic mass is 9.77. The summed E-state index contributed by atoms with van der Waals surface area (Å²) < 4.78 is 16.6. The third kappa shape index (κ3) is 3.99. The molecular formula is C24H29N5O4S. The van der Waals surface area contributed by atoms with E-state index in [0.29, 0.717) is 30.2 Å². The fourth-order valence-electron chi connectivity index (χ4n) is 4.69. The minimum Gasteiger partial charge on any atom is -0.485 e. The number of H-pyrrole nitrogens is 1. The molecule has 0 saturated carbocycles. The van der Waals surface area contributed by atoms with Gasteiger partial charge in [0.1, 0.15) is 18.0 Å². The topological polar surface area (TPSA) is 124 Å². The second kappa shape index (κ2) is 9.24. The number of nitriles is 1. The minimum absolute atomic E-state index is 0.0288. The summed E-state index contributed by atoms with van der Waals surface area (Å²) in [4.78, 5) is 21.7. The highest BCUT2D eigenvalue weighted by Crippen LogP contribution is 2.47. The number of carboxylic acids is 1. The van der Waals surface area contributed by atoms with Gasteiger partial charge in [-0.05, 0) is 30.9 Å². The van der Waals surface area contributed by atoms with Gasteiger partial charge in [-0.15, -0.1) is 0 Å². The Morgan fingerprint density at radius 3 is 2.88 bits per heavy atom. The van der Waals surface area contributed by atoms with E-state index in [9.17, 15) is 15.2 Å². The summed E-state index contributed by atoms with van der Waals surface area (Å²) in [5.41, 5.74) is 2.87. The Bertz CT molecular complexity index is 1270. The highest BCUT2D eigenvalue weighted by atomic mass is 32.1. The molecule has 2 N–H and O–H groups in total. The van der Waals surface area contributed by atoms with Gasteiger partial charge in [-0.1, -0.05) is 20.3 Å². The Labute approximate surface area is 202 Å². The zero-order valence-electron chi connectivity index (χ0n) is 20.1. The van der Waals surface area contributed by atoms with Crippen molar-refractivity contribution < 1.29 is 19.4 Å². The van der Waals surface area contributed by atoms with Crippen LogP contribution in [-0.4, -0.2) is 46.1 Å². The number of aryl methyl sites for hydroxylation is 1. The predicted octanol–water partition coefficient (Wildman–Crippen LogP) is 4.13. The maximum Gasteiger partial charge on any atom is 0.306 e. The van der Waals surface area contributed by atoms with Crippen LogP contribution in [0.2, 0.25) is 0 Å². The van der Waals surface area contributed by atoms with Crippen LogP contribution in [-0.2, 0) is 28.2 Å². The lowest BCUT2D eigenvalue weighted by Gasteiger charge is -2.40. The first kappa shape index (κ1) is 24.0. The Kier molecular flexibility index (Phi) is 6.51. The number of nitrogens with one attached hydrogen (secondary N) is 1. The van der Waals surface area contributed by atoms with Gasteiger partial charge in [0.25, 0.3) is 0 Å². The zero-order chi connectivity index (χ0) is 24.6. The van der Waals surface area contributed by atoms with E-state index < -0.39 is 11.6 Å². The molecule has 34 heavy (non-hydrogen) atoms. The molecule has 3 aromatic rings. The highest BCUT2D eigenvalue weighted by molar-refractivity contribution is 7.09. The fraction of sp³-hybridized carbons (Fsp3) is 0.500. The molecule has 0 radical (unpaired) electrons. The number of carbonyl (C=O) groups is 1. The molecule has 0 spiro atoms. The summed E-state index contributed by atoms with van der Waals surface area (Å²) in [5, 5.41) is 21.3. The third-order valence-electron chi connectivity index (χ3n) is 6.67. The normalized spacial score (nSPS) is 18.4. The van der Waals surface area contributed by atoms with Crippen molar-refractivity contribution in [2.24, 2.45) is 5.92 Å². The van der Waals surface area contributed by atoms with Crippen molar-refractivity contribution in [2.75, 3.05) is 25.6 Å². The smallest absolute Gasteiger partial charge is 0.306 e. The van der Waals surface area contributed by atoms with Gasteiger partial charge in [-0.2, -0.15) is 14.6 Å². The van der Waals surface area contributed by atoms with Crippen molar-refractivity contribution >= 4 is 33.5 Å². The van der Waals surface area contributed by atoms with E-state index in [0.717, 1.165) is 39.3 Å². The van der Waals surface area contributed by atoms with Crippen LogP contribution in [0.5, 0.6) is 5.75 Å². The number of anilines is 1. The maximum absolute atomic E-state index is 11.8.